The summed E-state index contributed by atoms with van der Waals surface area (Å²) in [5.74, 6) is -0.695. The van der Waals surface area contributed by atoms with Gasteiger partial charge in [-0.15, -0.1) is 0 Å². The van der Waals surface area contributed by atoms with Gasteiger partial charge in [-0.2, -0.15) is 0 Å². The molecule has 1 N–H and O–H groups in total. The van der Waals surface area contributed by atoms with Gasteiger partial charge in [0.05, 0.1) is 6.54 Å². The second-order valence-electron chi connectivity index (χ2n) is 5.58. The Hall–Kier alpha value is -2.69. The molecule has 0 aliphatic carbocycles. The Labute approximate surface area is 133 Å². The van der Waals surface area contributed by atoms with Crippen LogP contribution in [-0.2, 0) is 16.9 Å². The van der Waals surface area contributed by atoms with Crippen LogP contribution in [0.1, 0.15) is 24.5 Å². The van der Waals surface area contributed by atoms with Gasteiger partial charge in [0.25, 0.3) is 5.91 Å². The number of hydrogen-bond donors (Lipinski definition) is 1. The molecule has 0 aromatic heterocycles. The lowest BCUT2D eigenvalue weighted by Gasteiger charge is -2.25. The van der Waals surface area contributed by atoms with Crippen LogP contribution in [0.4, 0.5) is 9.18 Å². The predicted molar refractivity (Wildman–Crippen MR) is 83.9 cm³/mol. The number of imide groups is 1. The Morgan fingerprint density at radius 3 is 2.48 bits per heavy atom. The first-order valence-electron chi connectivity index (χ1n) is 7.51. The lowest BCUT2D eigenvalue weighted by atomic mass is 9.87. The number of nitrogens with one attached hydrogen (secondary N) is 1. The highest BCUT2D eigenvalue weighted by atomic mass is 19.1. The summed E-state index contributed by atoms with van der Waals surface area (Å²) in [7, 11) is 0. The van der Waals surface area contributed by atoms with Gasteiger partial charge in [0.15, 0.2) is 0 Å². The molecule has 3 rings (SSSR count). The van der Waals surface area contributed by atoms with E-state index in [9.17, 15) is 14.0 Å². The van der Waals surface area contributed by atoms with E-state index in [1.54, 1.807) is 12.1 Å². The maximum atomic E-state index is 13.3. The van der Waals surface area contributed by atoms with E-state index in [1.165, 1.54) is 12.1 Å². The van der Waals surface area contributed by atoms with Crippen LogP contribution in [0, 0.1) is 5.82 Å². The second-order valence-corrected chi connectivity index (χ2v) is 5.58. The molecule has 4 nitrogen and oxygen atoms in total. The highest BCUT2D eigenvalue weighted by molar-refractivity contribution is 6.07. The van der Waals surface area contributed by atoms with Gasteiger partial charge in [-0.3, -0.25) is 9.69 Å². The molecule has 1 aliphatic rings. The number of rotatable bonds is 4. The average molecular weight is 312 g/mol. The topological polar surface area (TPSA) is 49.4 Å². The molecule has 1 saturated heterocycles. The van der Waals surface area contributed by atoms with E-state index >= 15 is 0 Å². The van der Waals surface area contributed by atoms with E-state index in [0.717, 1.165) is 10.5 Å². The predicted octanol–water partition coefficient (Wildman–Crippen LogP) is 3.18. The fraction of sp³-hybridized carbons (Fsp3) is 0.222. The fourth-order valence-electron chi connectivity index (χ4n) is 2.95. The Balaban J connectivity index is 1.93. The highest BCUT2D eigenvalue weighted by Crippen LogP contribution is 2.33. The minimum atomic E-state index is -1.05. The van der Waals surface area contributed by atoms with Crippen molar-refractivity contribution < 1.29 is 14.0 Å². The zero-order valence-electron chi connectivity index (χ0n) is 12.8. The maximum Gasteiger partial charge on any atom is 0.325 e. The molecule has 0 saturated carbocycles. The minimum absolute atomic E-state index is 0.0526. The number of nitrogens with zero attached hydrogens (tertiary/aromatic N) is 1. The zero-order chi connectivity index (χ0) is 16.4. The third-order valence-corrected chi connectivity index (χ3v) is 4.20. The zero-order valence-corrected chi connectivity index (χ0v) is 12.8. The third kappa shape index (κ3) is 2.59. The smallest absolute Gasteiger partial charge is 0.319 e. The Kier molecular flexibility index (Phi) is 3.86. The molecule has 1 aliphatic heterocycles. The number of urea groups is 1. The number of benzene rings is 2. The minimum Gasteiger partial charge on any atom is -0.319 e. The van der Waals surface area contributed by atoms with Gasteiger partial charge in [-0.05, 0) is 29.7 Å². The van der Waals surface area contributed by atoms with Crippen molar-refractivity contribution in [2.45, 2.75) is 25.4 Å². The van der Waals surface area contributed by atoms with Crippen molar-refractivity contribution in [3.8, 4) is 0 Å². The molecule has 5 heteroatoms. The van der Waals surface area contributed by atoms with Gasteiger partial charge in [-0.25, -0.2) is 9.18 Å². The van der Waals surface area contributed by atoms with Crippen LogP contribution in [0.2, 0.25) is 0 Å². The van der Waals surface area contributed by atoms with E-state index in [0.29, 0.717) is 12.0 Å². The van der Waals surface area contributed by atoms with Gasteiger partial charge in [0, 0.05) is 0 Å². The summed E-state index contributed by atoms with van der Waals surface area (Å²) >= 11 is 0. The van der Waals surface area contributed by atoms with E-state index in [4.69, 9.17) is 0 Å². The van der Waals surface area contributed by atoms with Gasteiger partial charge in [0.2, 0.25) is 0 Å². The first-order valence-corrected chi connectivity index (χ1v) is 7.51. The molecule has 0 radical (unpaired) electrons. The van der Waals surface area contributed by atoms with Crippen LogP contribution in [0.15, 0.2) is 54.6 Å². The molecule has 0 unspecified atom stereocenters. The van der Waals surface area contributed by atoms with Gasteiger partial charge in [0.1, 0.15) is 11.4 Å². The molecule has 1 atom stereocenters. The first kappa shape index (κ1) is 15.2. The molecule has 2 aromatic carbocycles. The lowest BCUT2D eigenvalue weighted by Crippen LogP contribution is -2.43. The summed E-state index contributed by atoms with van der Waals surface area (Å²) < 4.78 is 13.3. The molecule has 1 heterocycles. The molecule has 1 fully saturated rings. The van der Waals surface area contributed by atoms with Crippen molar-refractivity contribution >= 4 is 11.9 Å². The van der Waals surface area contributed by atoms with Crippen molar-refractivity contribution in [3.63, 3.8) is 0 Å². The van der Waals surface area contributed by atoms with Gasteiger partial charge < -0.3 is 5.32 Å². The van der Waals surface area contributed by atoms with Crippen LogP contribution >= 0.6 is 0 Å². The van der Waals surface area contributed by atoms with Crippen LogP contribution in [0.25, 0.3) is 0 Å². The third-order valence-electron chi connectivity index (χ3n) is 4.20. The standard InChI is InChI=1S/C18H17FN2O2/c1-2-18(14-8-4-3-5-9-14)16(22)21(17(23)20-18)12-13-7-6-10-15(19)11-13/h3-11H,2,12H2,1H3,(H,20,23)/t18-/m1/s1. The van der Waals surface area contributed by atoms with E-state index in [1.807, 2.05) is 37.3 Å². The van der Waals surface area contributed by atoms with Crippen molar-refractivity contribution in [1.82, 2.24) is 10.2 Å². The summed E-state index contributed by atoms with van der Waals surface area (Å²) in [5.41, 5.74) is 0.280. The molecule has 0 bridgehead atoms. The van der Waals surface area contributed by atoms with Crippen LogP contribution in [0.3, 0.4) is 0 Å². The number of carbonyl (C=O) groups excluding carboxylic acids is 2. The van der Waals surface area contributed by atoms with Crippen LogP contribution < -0.4 is 5.32 Å². The number of halogens is 1. The fourth-order valence-corrected chi connectivity index (χ4v) is 2.95. The van der Waals surface area contributed by atoms with Crippen molar-refractivity contribution in [3.05, 3.63) is 71.5 Å². The molecule has 23 heavy (non-hydrogen) atoms. The van der Waals surface area contributed by atoms with Crippen molar-refractivity contribution in [1.29, 1.82) is 0 Å². The quantitative estimate of drug-likeness (QED) is 0.882. The molecular weight excluding hydrogens is 295 g/mol. The van der Waals surface area contributed by atoms with E-state index in [-0.39, 0.29) is 18.3 Å². The normalized spacial score (nSPS) is 20.7. The van der Waals surface area contributed by atoms with Crippen molar-refractivity contribution in [2.24, 2.45) is 0 Å². The van der Waals surface area contributed by atoms with Crippen LogP contribution in [0.5, 0.6) is 0 Å². The second kappa shape index (κ2) is 5.83. The number of hydrogen-bond acceptors (Lipinski definition) is 2. The summed E-state index contributed by atoms with van der Waals surface area (Å²) in [5, 5.41) is 2.81. The van der Waals surface area contributed by atoms with Gasteiger partial charge in [-0.1, -0.05) is 49.4 Å². The number of amides is 3. The maximum absolute atomic E-state index is 13.3. The highest BCUT2D eigenvalue weighted by Gasteiger charge is 2.50. The molecule has 118 valence electrons. The Morgan fingerprint density at radius 2 is 1.83 bits per heavy atom. The van der Waals surface area contributed by atoms with E-state index < -0.39 is 11.6 Å². The average Bonchev–Trinajstić information content (AvgIpc) is 2.81. The summed E-state index contributed by atoms with van der Waals surface area (Å²) in [6.45, 7) is 1.91. The lowest BCUT2D eigenvalue weighted by molar-refractivity contribution is -0.132. The molecule has 0 spiro atoms. The SMILES string of the molecule is CC[C@]1(c2ccccc2)NC(=O)N(Cc2cccc(F)c2)C1=O. The molecular formula is C18H17FN2O2. The van der Waals surface area contributed by atoms with Crippen molar-refractivity contribution in [2.75, 3.05) is 0 Å². The number of carbonyl (C=O) groups is 2. The summed E-state index contributed by atoms with van der Waals surface area (Å²) in [6, 6.07) is 14.6. The Morgan fingerprint density at radius 1 is 1.09 bits per heavy atom. The largest absolute Gasteiger partial charge is 0.325 e. The molecule has 3 amide bonds. The summed E-state index contributed by atoms with van der Waals surface area (Å²) in [4.78, 5) is 26.4. The van der Waals surface area contributed by atoms with Crippen LogP contribution in [-0.4, -0.2) is 16.8 Å². The summed E-state index contributed by atoms with van der Waals surface area (Å²) in [6.07, 6.45) is 0.446. The Bertz CT molecular complexity index is 748. The van der Waals surface area contributed by atoms with Gasteiger partial charge >= 0.3 is 6.03 Å². The molecule has 2 aromatic rings. The monoisotopic (exact) mass is 312 g/mol. The van der Waals surface area contributed by atoms with E-state index in [2.05, 4.69) is 5.32 Å². The first-order chi connectivity index (χ1) is 11.1.